The minimum atomic E-state index is -0.371. The monoisotopic (exact) mass is 457 g/mol. The van der Waals surface area contributed by atoms with Gasteiger partial charge in [0.2, 0.25) is 5.75 Å². The average molecular weight is 458 g/mol. The lowest BCUT2D eigenvalue weighted by Crippen LogP contribution is -2.28. The van der Waals surface area contributed by atoms with Gasteiger partial charge in [-0.25, -0.2) is 4.79 Å². The van der Waals surface area contributed by atoms with Crippen molar-refractivity contribution in [2.75, 3.05) is 41.0 Å². The second-order valence-corrected chi connectivity index (χ2v) is 8.04. The van der Waals surface area contributed by atoms with Gasteiger partial charge in [0.05, 0.1) is 26.9 Å². The Morgan fingerprint density at radius 3 is 2.12 bits per heavy atom. The smallest absolute Gasteiger partial charge is 0.338 e. The molecule has 0 aliphatic rings. The molecular weight excluding hydrogens is 418 g/mol. The fraction of sp³-hybridized carbons (Fsp3) is 0.519. The minimum absolute atomic E-state index is 0.116. The van der Waals surface area contributed by atoms with E-state index in [1.54, 1.807) is 12.1 Å². The number of benzene rings is 2. The molecule has 0 fully saturated rings. The van der Waals surface area contributed by atoms with Gasteiger partial charge >= 0.3 is 5.97 Å². The SMILES string of the molecule is CCCC(CCCN(CC)CCc1ccccc1)OC(=O)c1cc(OC)c(OC)c(OC)c1. The van der Waals surface area contributed by atoms with Gasteiger partial charge < -0.3 is 23.8 Å². The first-order valence-electron chi connectivity index (χ1n) is 11.8. The molecule has 2 aromatic rings. The number of hydrogen-bond acceptors (Lipinski definition) is 6. The summed E-state index contributed by atoms with van der Waals surface area (Å²) in [6.07, 6.45) is 4.55. The van der Waals surface area contributed by atoms with Crippen LogP contribution in [-0.2, 0) is 11.2 Å². The Morgan fingerprint density at radius 1 is 0.909 bits per heavy atom. The summed E-state index contributed by atoms with van der Waals surface area (Å²) in [6, 6.07) is 13.8. The van der Waals surface area contributed by atoms with Crippen LogP contribution in [0.2, 0.25) is 0 Å². The number of methoxy groups -OCH3 is 3. The van der Waals surface area contributed by atoms with Crippen LogP contribution in [-0.4, -0.2) is 57.9 Å². The summed E-state index contributed by atoms with van der Waals surface area (Å²) in [7, 11) is 4.60. The number of hydrogen-bond donors (Lipinski definition) is 0. The van der Waals surface area contributed by atoms with Gasteiger partial charge in [0.1, 0.15) is 6.10 Å². The molecule has 0 aromatic heterocycles. The predicted octanol–water partition coefficient (Wildman–Crippen LogP) is 5.38. The van der Waals surface area contributed by atoms with Crippen LogP contribution in [0.15, 0.2) is 42.5 Å². The quantitative estimate of drug-likeness (QED) is 0.335. The van der Waals surface area contributed by atoms with Gasteiger partial charge in [-0.2, -0.15) is 0 Å². The fourth-order valence-corrected chi connectivity index (χ4v) is 3.91. The molecule has 182 valence electrons. The van der Waals surface area contributed by atoms with Gasteiger partial charge in [0.25, 0.3) is 0 Å². The average Bonchev–Trinajstić information content (AvgIpc) is 2.85. The molecule has 1 atom stereocenters. The molecule has 0 spiro atoms. The van der Waals surface area contributed by atoms with Crippen molar-refractivity contribution in [2.24, 2.45) is 0 Å². The van der Waals surface area contributed by atoms with Gasteiger partial charge in [-0.3, -0.25) is 0 Å². The van der Waals surface area contributed by atoms with E-state index in [-0.39, 0.29) is 12.1 Å². The highest BCUT2D eigenvalue weighted by Crippen LogP contribution is 2.38. The third-order valence-corrected chi connectivity index (χ3v) is 5.79. The van der Waals surface area contributed by atoms with Crippen LogP contribution in [0.3, 0.4) is 0 Å². The number of rotatable bonds is 15. The van der Waals surface area contributed by atoms with E-state index < -0.39 is 0 Å². The zero-order valence-corrected chi connectivity index (χ0v) is 20.8. The van der Waals surface area contributed by atoms with E-state index in [0.29, 0.717) is 22.8 Å². The van der Waals surface area contributed by atoms with E-state index in [9.17, 15) is 4.79 Å². The molecule has 2 aromatic carbocycles. The van der Waals surface area contributed by atoms with Crippen molar-refractivity contribution in [1.29, 1.82) is 0 Å². The van der Waals surface area contributed by atoms with Crippen LogP contribution < -0.4 is 14.2 Å². The van der Waals surface area contributed by atoms with Gasteiger partial charge in [0.15, 0.2) is 11.5 Å². The lowest BCUT2D eigenvalue weighted by atomic mass is 10.1. The standard InChI is InChI=1S/C27H39NO5/c1-6-12-23(15-11-17-28(7-2)18-16-21-13-9-8-10-14-21)33-27(29)22-19-24(30-3)26(32-5)25(20-22)31-4/h8-10,13-14,19-20,23H,6-7,11-12,15-18H2,1-5H3. The minimum Gasteiger partial charge on any atom is -0.493 e. The number of carbonyl (C=O) groups excluding carboxylic acids is 1. The lowest BCUT2D eigenvalue weighted by Gasteiger charge is -2.23. The van der Waals surface area contributed by atoms with E-state index in [1.807, 2.05) is 6.07 Å². The van der Waals surface area contributed by atoms with Gasteiger partial charge in [-0.05, 0) is 56.5 Å². The molecule has 0 saturated heterocycles. The van der Waals surface area contributed by atoms with Crippen LogP contribution in [0.25, 0.3) is 0 Å². The van der Waals surface area contributed by atoms with Crippen LogP contribution in [0.5, 0.6) is 17.2 Å². The maximum absolute atomic E-state index is 12.9. The fourth-order valence-electron chi connectivity index (χ4n) is 3.91. The first-order chi connectivity index (χ1) is 16.1. The molecular formula is C27H39NO5. The molecule has 0 amide bonds. The summed E-state index contributed by atoms with van der Waals surface area (Å²) in [4.78, 5) is 15.3. The molecule has 1 unspecified atom stereocenters. The van der Waals surface area contributed by atoms with Crippen molar-refractivity contribution < 1.29 is 23.7 Å². The van der Waals surface area contributed by atoms with Crippen molar-refractivity contribution in [2.45, 2.75) is 52.1 Å². The zero-order chi connectivity index (χ0) is 24.1. The topological polar surface area (TPSA) is 57.2 Å². The molecule has 33 heavy (non-hydrogen) atoms. The summed E-state index contributed by atoms with van der Waals surface area (Å²) in [5.74, 6) is 0.960. The Kier molecular flexibility index (Phi) is 11.6. The van der Waals surface area contributed by atoms with E-state index in [1.165, 1.54) is 26.9 Å². The van der Waals surface area contributed by atoms with Crippen molar-refractivity contribution in [3.8, 4) is 17.2 Å². The molecule has 0 heterocycles. The lowest BCUT2D eigenvalue weighted by molar-refractivity contribution is 0.0248. The van der Waals surface area contributed by atoms with Crippen molar-refractivity contribution in [1.82, 2.24) is 4.90 Å². The number of likely N-dealkylation sites (N-methyl/N-ethyl adjacent to an activating group) is 1. The third-order valence-electron chi connectivity index (χ3n) is 5.79. The largest absolute Gasteiger partial charge is 0.493 e. The molecule has 0 aliphatic heterocycles. The first kappa shape index (κ1) is 26.5. The maximum Gasteiger partial charge on any atom is 0.338 e. The Hall–Kier alpha value is -2.73. The molecule has 6 nitrogen and oxygen atoms in total. The molecule has 0 bridgehead atoms. The summed E-state index contributed by atoms with van der Waals surface area (Å²) >= 11 is 0. The second kappa shape index (κ2) is 14.4. The van der Waals surface area contributed by atoms with E-state index in [2.05, 4.69) is 43.0 Å². The van der Waals surface area contributed by atoms with Gasteiger partial charge in [-0.1, -0.05) is 50.6 Å². The van der Waals surface area contributed by atoms with E-state index in [0.717, 1.165) is 51.7 Å². The number of carbonyl (C=O) groups is 1. The van der Waals surface area contributed by atoms with Gasteiger partial charge in [-0.15, -0.1) is 0 Å². The van der Waals surface area contributed by atoms with Crippen LogP contribution in [0, 0.1) is 0 Å². The number of esters is 1. The van der Waals surface area contributed by atoms with Crippen molar-refractivity contribution in [3.05, 3.63) is 53.6 Å². The molecule has 0 radical (unpaired) electrons. The molecule has 6 heteroatoms. The second-order valence-electron chi connectivity index (χ2n) is 8.04. The van der Waals surface area contributed by atoms with Gasteiger partial charge in [0, 0.05) is 6.54 Å². The summed E-state index contributed by atoms with van der Waals surface area (Å²) < 4.78 is 21.9. The highest BCUT2D eigenvalue weighted by atomic mass is 16.5. The third kappa shape index (κ3) is 8.28. The van der Waals surface area contributed by atoms with Crippen LogP contribution in [0.4, 0.5) is 0 Å². The van der Waals surface area contributed by atoms with E-state index >= 15 is 0 Å². The highest BCUT2D eigenvalue weighted by Gasteiger charge is 2.21. The van der Waals surface area contributed by atoms with Crippen LogP contribution in [0.1, 0.15) is 55.5 Å². The van der Waals surface area contributed by atoms with Crippen molar-refractivity contribution >= 4 is 5.97 Å². The summed E-state index contributed by atoms with van der Waals surface area (Å²) in [5, 5.41) is 0. The molecule has 0 saturated carbocycles. The highest BCUT2D eigenvalue weighted by molar-refractivity contribution is 5.91. The summed E-state index contributed by atoms with van der Waals surface area (Å²) in [5.41, 5.74) is 1.75. The maximum atomic E-state index is 12.9. The first-order valence-corrected chi connectivity index (χ1v) is 11.8. The Labute approximate surface area is 198 Å². The molecule has 2 rings (SSSR count). The molecule has 0 aliphatic carbocycles. The normalized spacial score (nSPS) is 11.8. The number of nitrogens with zero attached hydrogens (tertiary/aromatic N) is 1. The Morgan fingerprint density at radius 2 is 1.58 bits per heavy atom. The van der Waals surface area contributed by atoms with Crippen molar-refractivity contribution in [3.63, 3.8) is 0 Å². The van der Waals surface area contributed by atoms with Crippen LogP contribution >= 0.6 is 0 Å². The van der Waals surface area contributed by atoms with E-state index in [4.69, 9.17) is 18.9 Å². The Bertz CT molecular complexity index is 815. The summed E-state index contributed by atoms with van der Waals surface area (Å²) in [6.45, 7) is 7.34. The Balaban J connectivity index is 1.93. The number of ether oxygens (including phenoxy) is 4. The molecule has 0 N–H and O–H groups in total. The zero-order valence-electron chi connectivity index (χ0n) is 20.8. The predicted molar refractivity (Wildman–Crippen MR) is 132 cm³/mol.